The van der Waals surface area contributed by atoms with Gasteiger partial charge in [0.15, 0.2) is 6.29 Å². The highest BCUT2D eigenvalue weighted by atomic mass is 16.7. The first-order chi connectivity index (χ1) is 10.2. The number of hydrogen-bond donors (Lipinski definition) is 0. The van der Waals surface area contributed by atoms with Gasteiger partial charge in [0.25, 0.3) is 0 Å². The predicted octanol–water partition coefficient (Wildman–Crippen LogP) is 4.46. The van der Waals surface area contributed by atoms with Gasteiger partial charge in [-0.2, -0.15) is 0 Å². The van der Waals surface area contributed by atoms with Gasteiger partial charge < -0.3 is 14.2 Å². The van der Waals surface area contributed by atoms with Crippen molar-refractivity contribution in [3.63, 3.8) is 0 Å². The molecule has 1 aliphatic rings. The molecule has 0 N–H and O–H groups in total. The van der Waals surface area contributed by atoms with Gasteiger partial charge >= 0.3 is 5.97 Å². The Bertz CT molecular complexity index is 343. The van der Waals surface area contributed by atoms with Gasteiger partial charge in [0.1, 0.15) is 6.61 Å². The van der Waals surface area contributed by atoms with E-state index < -0.39 is 11.0 Å². The minimum Gasteiger partial charge on any atom is -0.462 e. The second-order valence-corrected chi connectivity index (χ2v) is 7.65. The van der Waals surface area contributed by atoms with Crippen LogP contribution in [0.2, 0.25) is 0 Å². The lowest BCUT2D eigenvalue weighted by Crippen LogP contribution is -2.39. The van der Waals surface area contributed by atoms with Crippen molar-refractivity contribution in [2.75, 3.05) is 6.61 Å². The Kier molecular flexibility index (Phi) is 7.33. The summed E-state index contributed by atoms with van der Waals surface area (Å²) in [4.78, 5) is 12.0. The summed E-state index contributed by atoms with van der Waals surface area (Å²) in [5.41, 5.74) is -0.992. The van der Waals surface area contributed by atoms with Crippen LogP contribution in [-0.2, 0) is 19.0 Å². The zero-order valence-corrected chi connectivity index (χ0v) is 15.2. The third-order valence-electron chi connectivity index (χ3n) is 4.41. The molecule has 1 fully saturated rings. The van der Waals surface area contributed by atoms with Crippen molar-refractivity contribution in [2.45, 2.75) is 98.1 Å². The van der Waals surface area contributed by atoms with Gasteiger partial charge in [0.05, 0.1) is 17.1 Å². The molecular weight excluding hydrogens is 280 g/mol. The van der Waals surface area contributed by atoms with Crippen LogP contribution in [0.1, 0.15) is 80.1 Å². The second-order valence-electron chi connectivity index (χ2n) is 7.65. The van der Waals surface area contributed by atoms with Crippen LogP contribution in [0, 0.1) is 5.41 Å². The molecular formula is C18H34O4. The van der Waals surface area contributed by atoms with E-state index in [9.17, 15) is 4.79 Å². The summed E-state index contributed by atoms with van der Waals surface area (Å²) in [6.07, 6.45) is 6.81. The Hall–Kier alpha value is -0.610. The van der Waals surface area contributed by atoms with Crippen LogP contribution >= 0.6 is 0 Å². The fourth-order valence-electron chi connectivity index (χ4n) is 2.56. The summed E-state index contributed by atoms with van der Waals surface area (Å²) in [7, 11) is 0. The highest BCUT2D eigenvalue weighted by Gasteiger charge is 2.31. The summed E-state index contributed by atoms with van der Waals surface area (Å²) in [5, 5.41) is 0. The third-order valence-corrected chi connectivity index (χ3v) is 4.41. The lowest BCUT2D eigenvalue weighted by molar-refractivity contribution is -0.227. The molecule has 0 aromatic carbocycles. The molecule has 0 amide bonds. The molecule has 1 atom stereocenters. The topological polar surface area (TPSA) is 44.8 Å². The van der Waals surface area contributed by atoms with Crippen LogP contribution < -0.4 is 0 Å². The molecule has 1 aliphatic carbocycles. The molecule has 4 nitrogen and oxygen atoms in total. The van der Waals surface area contributed by atoms with Crippen LogP contribution in [-0.4, -0.2) is 30.6 Å². The van der Waals surface area contributed by atoms with Crippen molar-refractivity contribution in [2.24, 2.45) is 5.41 Å². The Morgan fingerprint density at radius 1 is 1.14 bits per heavy atom. The summed E-state index contributed by atoms with van der Waals surface area (Å²) < 4.78 is 17.3. The third kappa shape index (κ3) is 6.66. The van der Waals surface area contributed by atoms with Crippen molar-refractivity contribution in [1.29, 1.82) is 0 Å². The molecule has 0 aromatic heterocycles. The number of ether oxygens (including phenoxy) is 3. The first-order valence-corrected chi connectivity index (χ1v) is 8.67. The predicted molar refractivity (Wildman–Crippen MR) is 87.6 cm³/mol. The molecule has 4 heteroatoms. The van der Waals surface area contributed by atoms with Gasteiger partial charge in [-0.3, -0.25) is 4.79 Å². The molecule has 0 bridgehead atoms. The van der Waals surface area contributed by atoms with Gasteiger partial charge in [-0.1, -0.05) is 26.2 Å². The molecule has 0 aromatic rings. The lowest BCUT2D eigenvalue weighted by atomic mass is 9.91. The van der Waals surface area contributed by atoms with Crippen molar-refractivity contribution >= 4 is 5.97 Å². The maximum Gasteiger partial charge on any atom is 0.311 e. The van der Waals surface area contributed by atoms with Crippen molar-refractivity contribution in [1.82, 2.24) is 0 Å². The van der Waals surface area contributed by atoms with E-state index in [1.807, 2.05) is 41.5 Å². The molecule has 0 saturated heterocycles. The summed E-state index contributed by atoms with van der Waals surface area (Å²) in [6.45, 7) is 11.8. The maximum atomic E-state index is 12.0. The Balaban J connectivity index is 2.37. The second kappa shape index (κ2) is 8.30. The minimum absolute atomic E-state index is 0.174. The fraction of sp³-hybridized carbons (Fsp3) is 0.944. The Labute approximate surface area is 135 Å². The first-order valence-electron chi connectivity index (χ1n) is 8.67. The number of hydrogen-bond acceptors (Lipinski definition) is 4. The molecule has 130 valence electrons. The van der Waals surface area contributed by atoms with E-state index in [0.717, 1.165) is 19.3 Å². The SMILES string of the molecule is CCC(C)(C)C(=O)OCC(C)(C)OC(C)OC1CCCCC1. The summed E-state index contributed by atoms with van der Waals surface area (Å²) in [5.74, 6) is -0.174. The smallest absolute Gasteiger partial charge is 0.311 e. The van der Waals surface area contributed by atoms with Crippen LogP contribution in [0.25, 0.3) is 0 Å². The number of carbonyl (C=O) groups excluding carboxylic acids is 1. The first kappa shape index (κ1) is 19.4. The van der Waals surface area contributed by atoms with Crippen molar-refractivity contribution < 1.29 is 19.0 Å². The standard InChI is InChI=1S/C18H34O4/c1-7-17(3,4)16(19)20-13-18(5,6)22-14(2)21-15-11-9-8-10-12-15/h14-15H,7-13H2,1-6H3. The quantitative estimate of drug-likeness (QED) is 0.490. The van der Waals surface area contributed by atoms with E-state index in [-0.39, 0.29) is 18.9 Å². The van der Waals surface area contributed by atoms with Gasteiger partial charge in [-0.25, -0.2) is 0 Å². The van der Waals surface area contributed by atoms with Crippen LogP contribution in [0.5, 0.6) is 0 Å². The summed E-state index contributed by atoms with van der Waals surface area (Å²) >= 11 is 0. The number of carbonyl (C=O) groups is 1. The average Bonchev–Trinajstić information content (AvgIpc) is 2.45. The highest BCUT2D eigenvalue weighted by Crippen LogP contribution is 2.25. The zero-order chi connectivity index (χ0) is 16.8. The number of rotatable bonds is 8. The minimum atomic E-state index is -0.548. The van der Waals surface area contributed by atoms with Gasteiger partial charge in [-0.15, -0.1) is 0 Å². The molecule has 1 rings (SSSR count). The Morgan fingerprint density at radius 3 is 2.27 bits per heavy atom. The molecule has 0 radical (unpaired) electrons. The van der Waals surface area contributed by atoms with E-state index in [2.05, 4.69) is 0 Å². The van der Waals surface area contributed by atoms with Gasteiger partial charge in [0.2, 0.25) is 0 Å². The Morgan fingerprint density at radius 2 is 1.73 bits per heavy atom. The molecule has 0 aliphatic heterocycles. The molecule has 0 heterocycles. The monoisotopic (exact) mass is 314 g/mol. The zero-order valence-electron chi connectivity index (χ0n) is 15.2. The van der Waals surface area contributed by atoms with Crippen molar-refractivity contribution in [3.8, 4) is 0 Å². The van der Waals surface area contributed by atoms with E-state index in [1.54, 1.807) is 0 Å². The fourth-order valence-corrected chi connectivity index (χ4v) is 2.56. The molecule has 1 unspecified atom stereocenters. The highest BCUT2D eigenvalue weighted by molar-refractivity contribution is 5.75. The van der Waals surface area contributed by atoms with Crippen molar-refractivity contribution in [3.05, 3.63) is 0 Å². The molecule has 0 spiro atoms. The maximum absolute atomic E-state index is 12.0. The largest absolute Gasteiger partial charge is 0.462 e. The number of esters is 1. The van der Waals surface area contributed by atoms with Gasteiger partial charge in [0, 0.05) is 0 Å². The van der Waals surface area contributed by atoms with Crippen LogP contribution in [0.15, 0.2) is 0 Å². The van der Waals surface area contributed by atoms with Crippen LogP contribution in [0.4, 0.5) is 0 Å². The van der Waals surface area contributed by atoms with E-state index in [4.69, 9.17) is 14.2 Å². The normalized spacial score (nSPS) is 19.0. The van der Waals surface area contributed by atoms with E-state index in [1.165, 1.54) is 19.3 Å². The van der Waals surface area contributed by atoms with E-state index in [0.29, 0.717) is 6.10 Å². The van der Waals surface area contributed by atoms with Gasteiger partial charge in [-0.05, 0) is 53.9 Å². The molecule has 22 heavy (non-hydrogen) atoms. The molecule has 1 saturated carbocycles. The lowest BCUT2D eigenvalue weighted by Gasteiger charge is -2.32. The average molecular weight is 314 g/mol. The van der Waals surface area contributed by atoms with Crippen LogP contribution in [0.3, 0.4) is 0 Å². The summed E-state index contributed by atoms with van der Waals surface area (Å²) in [6, 6.07) is 0. The van der Waals surface area contributed by atoms with E-state index >= 15 is 0 Å².